The van der Waals surface area contributed by atoms with Gasteiger partial charge < -0.3 is 25.1 Å². The van der Waals surface area contributed by atoms with Crippen LogP contribution in [-0.2, 0) is 4.74 Å². The topological polar surface area (TPSA) is 106 Å². The molecule has 0 saturated carbocycles. The molecule has 8 nitrogen and oxygen atoms in total. The summed E-state index contributed by atoms with van der Waals surface area (Å²) >= 11 is 0. The molecule has 1 aromatic carbocycles. The third kappa shape index (κ3) is 5.31. The Morgan fingerprint density at radius 1 is 1.19 bits per heavy atom. The Morgan fingerprint density at radius 3 is 2.61 bits per heavy atom. The summed E-state index contributed by atoms with van der Waals surface area (Å²) in [5.41, 5.74) is 10.0. The Hall–Kier alpha value is -3.20. The standard InChI is InChI=1S/C26H33N5O3.CH3F/c1-26(2)15-17(9-13-34-26)23-29-22-19(6-10-28-24(22)30-23)16-7-11-31(12-8-16)25(32)20-5-4-18(33-3)14-21(20)27;1-2/h4-6,10,14,16-17H,7-9,11-13,15,27H2,1-3H3,(H,28,29,30);1H3. The maximum Gasteiger partial charge on any atom is 0.255 e. The van der Waals surface area contributed by atoms with Crippen molar-refractivity contribution < 1.29 is 18.7 Å². The molecule has 0 spiro atoms. The fraction of sp³-hybridized carbons (Fsp3) is 0.519. The number of amides is 1. The number of anilines is 1. The van der Waals surface area contributed by atoms with Crippen LogP contribution in [0.1, 0.15) is 73.1 Å². The number of imidazole rings is 1. The van der Waals surface area contributed by atoms with E-state index >= 15 is 0 Å². The summed E-state index contributed by atoms with van der Waals surface area (Å²) in [4.78, 5) is 28.0. The van der Waals surface area contributed by atoms with Crippen LogP contribution >= 0.6 is 0 Å². The molecule has 1 amide bonds. The average molecular weight is 498 g/mol. The normalized spacial score (nSPS) is 20.0. The lowest BCUT2D eigenvalue weighted by Crippen LogP contribution is -2.38. The molecule has 9 heteroatoms. The number of alkyl halides is 1. The van der Waals surface area contributed by atoms with Gasteiger partial charge in [-0.05, 0) is 69.2 Å². The molecule has 2 aromatic heterocycles. The number of hydrogen-bond acceptors (Lipinski definition) is 6. The van der Waals surface area contributed by atoms with Crippen LogP contribution in [0.3, 0.4) is 0 Å². The molecule has 3 aromatic rings. The van der Waals surface area contributed by atoms with Crippen LogP contribution in [0.4, 0.5) is 10.1 Å². The summed E-state index contributed by atoms with van der Waals surface area (Å²) in [5.74, 6) is 2.33. The van der Waals surface area contributed by atoms with Crippen molar-refractivity contribution in [2.75, 3.05) is 39.7 Å². The minimum absolute atomic E-state index is 0.0237. The van der Waals surface area contributed by atoms with Crippen LogP contribution in [0.15, 0.2) is 30.5 Å². The number of nitrogens with one attached hydrogen (secondary N) is 1. The quantitative estimate of drug-likeness (QED) is 0.500. The molecule has 2 saturated heterocycles. The van der Waals surface area contributed by atoms with Gasteiger partial charge in [-0.15, -0.1) is 0 Å². The number of methoxy groups -OCH3 is 1. The van der Waals surface area contributed by atoms with Gasteiger partial charge in [0.1, 0.15) is 11.6 Å². The van der Waals surface area contributed by atoms with Crippen LogP contribution in [0.25, 0.3) is 11.2 Å². The Labute approximate surface area is 211 Å². The predicted octanol–water partition coefficient (Wildman–Crippen LogP) is 4.83. The van der Waals surface area contributed by atoms with Gasteiger partial charge >= 0.3 is 0 Å². The van der Waals surface area contributed by atoms with Crippen molar-refractivity contribution in [3.8, 4) is 5.75 Å². The summed E-state index contributed by atoms with van der Waals surface area (Å²) in [6.45, 7) is 6.41. The Bertz CT molecular complexity index is 1200. The van der Waals surface area contributed by atoms with Gasteiger partial charge in [0.2, 0.25) is 0 Å². The van der Waals surface area contributed by atoms with Gasteiger partial charge in [-0.25, -0.2) is 9.97 Å². The first-order valence-electron chi connectivity index (χ1n) is 12.4. The fourth-order valence-corrected chi connectivity index (χ4v) is 5.37. The van der Waals surface area contributed by atoms with E-state index in [1.807, 2.05) is 11.1 Å². The van der Waals surface area contributed by atoms with Crippen molar-refractivity contribution in [3.63, 3.8) is 0 Å². The smallest absolute Gasteiger partial charge is 0.255 e. The maximum atomic E-state index is 13.1. The Balaban J connectivity index is 0.00000148. The van der Waals surface area contributed by atoms with E-state index in [1.54, 1.807) is 25.3 Å². The number of nitrogens with zero attached hydrogens (tertiary/aromatic N) is 3. The number of piperidine rings is 1. The summed E-state index contributed by atoms with van der Waals surface area (Å²) in [6.07, 6.45) is 5.54. The molecular weight excluding hydrogens is 461 g/mol. The summed E-state index contributed by atoms with van der Waals surface area (Å²) < 4.78 is 20.6. The number of aromatic nitrogens is 3. The molecule has 194 valence electrons. The van der Waals surface area contributed by atoms with Crippen molar-refractivity contribution in [1.82, 2.24) is 19.9 Å². The summed E-state index contributed by atoms with van der Waals surface area (Å²) in [6, 6.07) is 7.32. The van der Waals surface area contributed by atoms with Crippen molar-refractivity contribution in [3.05, 3.63) is 47.4 Å². The van der Waals surface area contributed by atoms with E-state index in [2.05, 4.69) is 29.9 Å². The number of pyridine rings is 1. The zero-order chi connectivity index (χ0) is 25.9. The molecule has 2 aliphatic heterocycles. The molecule has 36 heavy (non-hydrogen) atoms. The third-order valence-electron chi connectivity index (χ3n) is 7.24. The number of hydrogen-bond donors (Lipinski definition) is 2. The lowest BCUT2D eigenvalue weighted by atomic mass is 9.88. The third-order valence-corrected chi connectivity index (χ3v) is 7.24. The van der Waals surface area contributed by atoms with Gasteiger partial charge in [-0.1, -0.05) is 0 Å². The average Bonchev–Trinajstić information content (AvgIpc) is 3.34. The van der Waals surface area contributed by atoms with Crippen LogP contribution in [0.2, 0.25) is 0 Å². The van der Waals surface area contributed by atoms with E-state index in [4.69, 9.17) is 20.2 Å². The van der Waals surface area contributed by atoms with Crippen LogP contribution in [0.5, 0.6) is 5.75 Å². The van der Waals surface area contributed by atoms with Gasteiger partial charge in [-0.3, -0.25) is 9.18 Å². The SMILES string of the molecule is CF.COc1ccc(C(=O)N2CCC(c3ccnc4nc(C5CCOC(C)(C)C5)[nH]c34)CC2)c(N)c1. The minimum Gasteiger partial charge on any atom is -0.497 e. The highest BCUT2D eigenvalue weighted by atomic mass is 19.1. The first kappa shape index (κ1) is 25.9. The molecule has 0 radical (unpaired) electrons. The summed E-state index contributed by atoms with van der Waals surface area (Å²) in [7, 11) is 2.09. The zero-order valence-corrected chi connectivity index (χ0v) is 21.5. The molecular formula is C27H36FN5O3. The van der Waals surface area contributed by atoms with Crippen molar-refractivity contribution >= 4 is 22.8 Å². The zero-order valence-electron chi connectivity index (χ0n) is 21.5. The molecule has 2 fully saturated rings. The molecule has 0 aliphatic carbocycles. The highest BCUT2D eigenvalue weighted by Gasteiger charge is 2.32. The Morgan fingerprint density at radius 2 is 1.94 bits per heavy atom. The molecule has 1 atom stereocenters. The fourth-order valence-electron chi connectivity index (χ4n) is 5.37. The van der Waals surface area contributed by atoms with E-state index in [-0.39, 0.29) is 11.5 Å². The van der Waals surface area contributed by atoms with Gasteiger partial charge in [0.05, 0.1) is 31.0 Å². The molecule has 0 bridgehead atoms. The highest BCUT2D eigenvalue weighted by molar-refractivity contribution is 5.99. The number of fused-ring (bicyclic) bond motifs is 1. The second kappa shape index (κ2) is 10.8. The van der Waals surface area contributed by atoms with Crippen LogP contribution in [0, 0.1) is 0 Å². The first-order valence-corrected chi connectivity index (χ1v) is 12.4. The Kier molecular flexibility index (Phi) is 7.78. The number of halogens is 1. The number of nitrogen functional groups attached to an aromatic ring is 1. The molecule has 2 aliphatic rings. The number of H-pyrrole nitrogens is 1. The van der Waals surface area contributed by atoms with Gasteiger partial charge in [-0.2, -0.15) is 0 Å². The largest absolute Gasteiger partial charge is 0.497 e. The summed E-state index contributed by atoms with van der Waals surface area (Å²) in [5, 5.41) is 0. The van der Waals surface area contributed by atoms with Gasteiger partial charge in [0, 0.05) is 43.6 Å². The van der Waals surface area contributed by atoms with Crippen LogP contribution < -0.4 is 10.5 Å². The molecule has 4 heterocycles. The maximum absolute atomic E-state index is 13.1. The number of nitrogens with two attached hydrogens (primary N) is 1. The first-order chi connectivity index (χ1) is 17.3. The van der Waals surface area contributed by atoms with E-state index in [1.165, 1.54) is 5.56 Å². The van der Waals surface area contributed by atoms with Gasteiger partial charge in [0.25, 0.3) is 5.91 Å². The van der Waals surface area contributed by atoms with E-state index in [9.17, 15) is 9.18 Å². The molecule has 1 unspecified atom stereocenters. The molecule has 3 N–H and O–H groups in total. The van der Waals surface area contributed by atoms with Crippen molar-refractivity contribution in [2.45, 2.75) is 57.0 Å². The highest BCUT2D eigenvalue weighted by Crippen LogP contribution is 2.37. The van der Waals surface area contributed by atoms with Crippen molar-refractivity contribution in [2.24, 2.45) is 0 Å². The lowest BCUT2D eigenvalue weighted by molar-refractivity contribution is -0.0602. The number of carbonyl (C=O) groups is 1. The lowest BCUT2D eigenvalue weighted by Gasteiger charge is -2.34. The van der Waals surface area contributed by atoms with E-state index in [0.717, 1.165) is 49.3 Å². The number of aromatic amines is 1. The monoisotopic (exact) mass is 497 g/mol. The van der Waals surface area contributed by atoms with E-state index < -0.39 is 0 Å². The molecule has 5 rings (SSSR count). The number of likely N-dealkylation sites (tertiary alicyclic amines) is 1. The van der Waals surface area contributed by atoms with E-state index in [0.29, 0.717) is 49.1 Å². The van der Waals surface area contributed by atoms with Gasteiger partial charge in [0.15, 0.2) is 5.65 Å². The second-order valence-corrected chi connectivity index (χ2v) is 10.0. The second-order valence-electron chi connectivity index (χ2n) is 10.0. The van der Waals surface area contributed by atoms with Crippen LogP contribution in [-0.4, -0.2) is 65.3 Å². The number of benzene rings is 1. The number of rotatable bonds is 4. The number of ether oxygens (including phenoxy) is 2. The van der Waals surface area contributed by atoms with Crippen molar-refractivity contribution in [1.29, 1.82) is 0 Å². The number of carbonyl (C=O) groups excluding carboxylic acids is 1. The predicted molar refractivity (Wildman–Crippen MR) is 138 cm³/mol. The minimum atomic E-state index is -0.134.